The molecule has 0 amide bonds. The average Bonchev–Trinajstić information content (AvgIpc) is 2.37. The van der Waals surface area contributed by atoms with E-state index >= 15 is 0 Å². The van der Waals surface area contributed by atoms with Crippen molar-refractivity contribution in [2.24, 2.45) is 0 Å². The Morgan fingerprint density at radius 3 is 2.70 bits per heavy atom. The maximum atomic E-state index is 13.3. The average molecular weight is 292 g/mol. The van der Waals surface area contributed by atoms with Crippen LogP contribution in [0.3, 0.4) is 0 Å². The van der Waals surface area contributed by atoms with Crippen molar-refractivity contribution in [3.63, 3.8) is 0 Å². The van der Waals surface area contributed by atoms with Gasteiger partial charge in [0.15, 0.2) is 0 Å². The first kappa shape index (κ1) is 15.3. The molecule has 1 N–H and O–H groups in total. The van der Waals surface area contributed by atoms with E-state index in [2.05, 4.69) is 0 Å². The molecule has 2 nitrogen and oxygen atoms in total. The zero-order valence-corrected chi connectivity index (χ0v) is 11.0. The molecule has 0 saturated carbocycles. The molecule has 112 valence electrons. The summed E-state index contributed by atoms with van der Waals surface area (Å²) in [6, 6.07) is 2.67. The van der Waals surface area contributed by atoms with Gasteiger partial charge in [-0.3, -0.25) is 0 Å². The standard InChI is InChI=1S/C14H16F4O2/c1-2-10-8-13(19,5-6-20-10)9-3-4-12(15)11(7-9)14(16,17)18/h3-4,7,10,19H,2,5-6,8H2,1H3. The predicted molar refractivity (Wildman–Crippen MR) is 64.6 cm³/mol. The highest BCUT2D eigenvalue weighted by atomic mass is 19.4. The van der Waals surface area contributed by atoms with Gasteiger partial charge in [0.05, 0.1) is 23.9 Å². The van der Waals surface area contributed by atoms with Gasteiger partial charge >= 0.3 is 6.18 Å². The van der Waals surface area contributed by atoms with Crippen molar-refractivity contribution >= 4 is 0 Å². The molecule has 1 heterocycles. The summed E-state index contributed by atoms with van der Waals surface area (Å²) in [6.07, 6.45) is -3.89. The number of ether oxygens (including phenoxy) is 1. The van der Waals surface area contributed by atoms with Crippen LogP contribution in [0.25, 0.3) is 0 Å². The molecule has 20 heavy (non-hydrogen) atoms. The van der Waals surface area contributed by atoms with Gasteiger partial charge in [0.25, 0.3) is 0 Å². The Bertz CT molecular complexity index is 487. The largest absolute Gasteiger partial charge is 0.419 e. The molecule has 1 saturated heterocycles. The summed E-state index contributed by atoms with van der Waals surface area (Å²) in [6.45, 7) is 2.15. The summed E-state index contributed by atoms with van der Waals surface area (Å²) in [4.78, 5) is 0. The number of hydrogen-bond acceptors (Lipinski definition) is 2. The second-order valence-corrected chi connectivity index (χ2v) is 5.08. The van der Waals surface area contributed by atoms with Gasteiger partial charge in [0.2, 0.25) is 0 Å². The Labute approximate surface area is 114 Å². The highest BCUT2D eigenvalue weighted by molar-refractivity contribution is 5.31. The summed E-state index contributed by atoms with van der Waals surface area (Å²) in [7, 11) is 0. The topological polar surface area (TPSA) is 29.5 Å². The lowest BCUT2D eigenvalue weighted by molar-refractivity contribution is -0.140. The minimum absolute atomic E-state index is 0.0907. The Morgan fingerprint density at radius 1 is 1.40 bits per heavy atom. The summed E-state index contributed by atoms with van der Waals surface area (Å²) < 4.78 is 56.8. The molecule has 6 heteroatoms. The molecule has 1 aliphatic heterocycles. The minimum atomic E-state index is -4.77. The lowest BCUT2D eigenvalue weighted by Crippen LogP contribution is -2.38. The molecule has 1 aromatic rings. The van der Waals surface area contributed by atoms with Crippen LogP contribution in [0, 0.1) is 5.82 Å². The van der Waals surface area contributed by atoms with E-state index in [9.17, 15) is 22.7 Å². The van der Waals surface area contributed by atoms with E-state index in [-0.39, 0.29) is 31.1 Å². The van der Waals surface area contributed by atoms with Crippen molar-refractivity contribution in [2.75, 3.05) is 6.61 Å². The van der Waals surface area contributed by atoms with E-state index in [4.69, 9.17) is 4.74 Å². The smallest absolute Gasteiger partial charge is 0.385 e. The highest BCUT2D eigenvalue weighted by Crippen LogP contribution is 2.39. The molecule has 2 unspecified atom stereocenters. The second kappa shape index (κ2) is 5.33. The SMILES string of the molecule is CCC1CC(O)(c2ccc(F)c(C(F)(F)F)c2)CCO1. The number of rotatable bonds is 2. The zero-order valence-electron chi connectivity index (χ0n) is 11.0. The van der Waals surface area contributed by atoms with E-state index in [1.807, 2.05) is 6.92 Å². The zero-order chi connectivity index (χ0) is 15.0. The first-order valence-electron chi connectivity index (χ1n) is 6.47. The Balaban J connectivity index is 2.37. The summed E-state index contributed by atoms with van der Waals surface area (Å²) in [5, 5.41) is 10.6. The number of hydrogen-bond donors (Lipinski definition) is 1. The van der Waals surface area contributed by atoms with Crippen molar-refractivity contribution in [3.05, 3.63) is 35.1 Å². The van der Waals surface area contributed by atoms with Gasteiger partial charge in [-0.15, -0.1) is 0 Å². The van der Waals surface area contributed by atoms with E-state index in [1.165, 1.54) is 6.07 Å². The third-order valence-corrected chi connectivity index (χ3v) is 3.70. The molecule has 0 aromatic heterocycles. The van der Waals surface area contributed by atoms with Crippen molar-refractivity contribution in [1.29, 1.82) is 0 Å². The monoisotopic (exact) mass is 292 g/mol. The molecular weight excluding hydrogens is 276 g/mol. The van der Waals surface area contributed by atoms with Crippen LogP contribution < -0.4 is 0 Å². The van der Waals surface area contributed by atoms with E-state index < -0.39 is 23.2 Å². The third-order valence-electron chi connectivity index (χ3n) is 3.70. The van der Waals surface area contributed by atoms with Crippen LogP contribution in [0.5, 0.6) is 0 Å². The van der Waals surface area contributed by atoms with Crippen LogP contribution in [0.1, 0.15) is 37.3 Å². The molecule has 1 aromatic carbocycles. The number of halogens is 4. The second-order valence-electron chi connectivity index (χ2n) is 5.08. The fraction of sp³-hybridized carbons (Fsp3) is 0.571. The van der Waals surface area contributed by atoms with Gasteiger partial charge in [-0.1, -0.05) is 13.0 Å². The van der Waals surface area contributed by atoms with Gasteiger partial charge in [-0.05, 0) is 24.1 Å². The maximum Gasteiger partial charge on any atom is 0.419 e. The fourth-order valence-corrected chi connectivity index (χ4v) is 2.49. The number of benzene rings is 1. The molecule has 0 spiro atoms. The van der Waals surface area contributed by atoms with Gasteiger partial charge in [0, 0.05) is 12.8 Å². The molecule has 0 bridgehead atoms. The maximum absolute atomic E-state index is 13.3. The number of aliphatic hydroxyl groups is 1. The highest BCUT2D eigenvalue weighted by Gasteiger charge is 2.39. The van der Waals surface area contributed by atoms with Gasteiger partial charge in [0.1, 0.15) is 5.82 Å². The van der Waals surface area contributed by atoms with Crippen molar-refractivity contribution < 1.29 is 27.4 Å². The molecule has 0 aliphatic carbocycles. The Hall–Kier alpha value is -1.14. The van der Waals surface area contributed by atoms with Crippen molar-refractivity contribution in [3.8, 4) is 0 Å². The minimum Gasteiger partial charge on any atom is -0.385 e. The Kier molecular flexibility index (Phi) is 4.07. The van der Waals surface area contributed by atoms with Crippen LogP contribution in [0.15, 0.2) is 18.2 Å². The lowest BCUT2D eigenvalue weighted by atomic mass is 9.82. The van der Waals surface area contributed by atoms with Crippen molar-refractivity contribution in [2.45, 2.75) is 44.1 Å². The van der Waals surface area contributed by atoms with Crippen LogP contribution in [0.2, 0.25) is 0 Å². The van der Waals surface area contributed by atoms with Crippen LogP contribution in [-0.2, 0) is 16.5 Å². The van der Waals surface area contributed by atoms with Gasteiger partial charge in [-0.2, -0.15) is 13.2 Å². The molecular formula is C14H16F4O2. The molecule has 2 atom stereocenters. The van der Waals surface area contributed by atoms with Gasteiger partial charge in [-0.25, -0.2) is 4.39 Å². The summed E-state index contributed by atoms with van der Waals surface area (Å²) >= 11 is 0. The molecule has 1 fully saturated rings. The van der Waals surface area contributed by atoms with Crippen LogP contribution >= 0.6 is 0 Å². The Morgan fingerprint density at radius 2 is 2.10 bits per heavy atom. The lowest BCUT2D eigenvalue weighted by Gasteiger charge is -2.37. The molecule has 2 rings (SSSR count). The first-order valence-corrected chi connectivity index (χ1v) is 6.47. The van der Waals surface area contributed by atoms with E-state index in [1.54, 1.807) is 0 Å². The summed E-state index contributed by atoms with van der Waals surface area (Å²) in [5.74, 6) is -1.33. The van der Waals surface area contributed by atoms with Crippen LogP contribution in [-0.4, -0.2) is 17.8 Å². The molecule has 0 radical (unpaired) electrons. The fourth-order valence-electron chi connectivity index (χ4n) is 2.49. The van der Waals surface area contributed by atoms with Crippen LogP contribution in [0.4, 0.5) is 17.6 Å². The van der Waals surface area contributed by atoms with Gasteiger partial charge < -0.3 is 9.84 Å². The number of alkyl halides is 3. The van der Waals surface area contributed by atoms with E-state index in [0.717, 1.165) is 6.07 Å². The van der Waals surface area contributed by atoms with Crippen molar-refractivity contribution in [1.82, 2.24) is 0 Å². The predicted octanol–water partition coefficient (Wildman–Crippen LogP) is 3.62. The third kappa shape index (κ3) is 2.96. The van der Waals surface area contributed by atoms with E-state index in [0.29, 0.717) is 12.5 Å². The summed E-state index contributed by atoms with van der Waals surface area (Å²) in [5.41, 5.74) is -2.65. The normalized spacial score (nSPS) is 27.6. The quantitative estimate of drug-likeness (QED) is 0.844. The first-order chi connectivity index (χ1) is 9.26. The molecule has 1 aliphatic rings.